The Kier molecular flexibility index (Phi) is 9.16. The van der Waals surface area contributed by atoms with E-state index < -0.39 is 18.2 Å². The van der Waals surface area contributed by atoms with E-state index in [2.05, 4.69) is 23.7 Å². The maximum Gasteiger partial charge on any atom is 0.381 e. The number of hydrogen-bond acceptors (Lipinski definition) is 4. The van der Waals surface area contributed by atoms with E-state index in [-0.39, 0.29) is 23.1 Å². The second-order valence-electron chi connectivity index (χ2n) is 7.07. The molecule has 5 atom stereocenters. The Morgan fingerprint density at radius 1 is 1.27 bits per heavy atom. The maximum absolute atomic E-state index is 10.3. The number of alkyl halides is 1. The average Bonchev–Trinajstić information content (AvgIpc) is 2.89. The fourth-order valence-electron chi connectivity index (χ4n) is 3.70. The molecular formula is C20H27ClO4S. The molecule has 0 aromatic rings. The summed E-state index contributed by atoms with van der Waals surface area (Å²) in [6, 6.07) is 0. The smallest absolute Gasteiger partial charge is 0.381 e. The van der Waals surface area contributed by atoms with E-state index in [4.69, 9.17) is 16.7 Å². The van der Waals surface area contributed by atoms with Crippen LogP contribution in [0.2, 0.25) is 0 Å². The highest BCUT2D eigenvalue weighted by molar-refractivity contribution is 7.99. The standard InChI is InChI=1S/C20H27ClO4S/c21-17-12-19(23)15(9-10-18(22)14-6-2-1-3-7-14)16(17)13-26-11-5-4-8-20(24)25/h14-19,22-23H,1-3,5-7,11-13H2,(H,24,25)/t15-,16-,17-,18-,19-/m1/s1. The molecule has 2 fully saturated rings. The summed E-state index contributed by atoms with van der Waals surface area (Å²) in [7, 11) is 0. The molecule has 0 aliphatic heterocycles. The van der Waals surface area contributed by atoms with Gasteiger partial charge in [0.2, 0.25) is 0 Å². The van der Waals surface area contributed by atoms with Gasteiger partial charge in [0.1, 0.15) is 6.10 Å². The van der Waals surface area contributed by atoms with Crippen molar-refractivity contribution in [2.45, 2.75) is 62.5 Å². The van der Waals surface area contributed by atoms with Crippen LogP contribution in [0.5, 0.6) is 0 Å². The topological polar surface area (TPSA) is 77.8 Å². The number of aliphatic carboxylic acids is 1. The number of rotatable bonds is 5. The molecule has 0 spiro atoms. The zero-order chi connectivity index (χ0) is 18.9. The molecule has 0 bridgehead atoms. The molecule has 2 saturated carbocycles. The fraction of sp³-hybridized carbons (Fsp3) is 0.750. The van der Waals surface area contributed by atoms with Crippen molar-refractivity contribution in [1.82, 2.24) is 0 Å². The predicted octanol–water partition coefficient (Wildman–Crippen LogP) is 2.75. The zero-order valence-electron chi connectivity index (χ0n) is 14.9. The van der Waals surface area contributed by atoms with Gasteiger partial charge in [0.15, 0.2) is 0 Å². The molecule has 0 aromatic heterocycles. The van der Waals surface area contributed by atoms with Gasteiger partial charge in [-0.15, -0.1) is 11.6 Å². The lowest BCUT2D eigenvalue weighted by Crippen LogP contribution is -2.24. The minimum Gasteiger partial charge on any atom is -0.472 e. The van der Waals surface area contributed by atoms with Crippen LogP contribution in [-0.4, -0.2) is 50.4 Å². The number of thioether (sulfide) groups is 1. The SMILES string of the molecule is O=C(O)C#CCCSC[C@@H]1[C@@H](C#C[C@@H](O)C2CCCCC2)[C@H](O)C[C@H]1Cl. The van der Waals surface area contributed by atoms with E-state index in [1.165, 1.54) is 6.42 Å². The number of carboxylic acids is 1. The third-order valence-corrected chi connectivity index (χ3v) is 6.79. The predicted molar refractivity (Wildman–Crippen MR) is 105 cm³/mol. The second kappa shape index (κ2) is 11.1. The van der Waals surface area contributed by atoms with Crippen LogP contribution >= 0.6 is 23.4 Å². The molecule has 0 aromatic carbocycles. The molecule has 0 heterocycles. The zero-order valence-corrected chi connectivity index (χ0v) is 16.4. The van der Waals surface area contributed by atoms with Crippen molar-refractivity contribution in [1.29, 1.82) is 0 Å². The van der Waals surface area contributed by atoms with Crippen molar-refractivity contribution in [2.24, 2.45) is 17.8 Å². The van der Waals surface area contributed by atoms with Gasteiger partial charge in [0.25, 0.3) is 0 Å². The molecule has 0 radical (unpaired) electrons. The third kappa shape index (κ3) is 6.71. The van der Waals surface area contributed by atoms with E-state index in [0.29, 0.717) is 12.8 Å². The summed E-state index contributed by atoms with van der Waals surface area (Å²) in [5.41, 5.74) is 0. The number of hydrogen-bond donors (Lipinski definition) is 3. The summed E-state index contributed by atoms with van der Waals surface area (Å²) in [4.78, 5) is 10.3. The lowest BCUT2D eigenvalue weighted by Gasteiger charge is -2.23. The highest BCUT2D eigenvalue weighted by atomic mass is 35.5. The Balaban J connectivity index is 1.86. The minimum atomic E-state index is -1.11. The van der Waals surface area contributed by atoms with Crippen LogP contribution in [0.15, 0.2) is 0 Å². The molecule has 0 amide bonds. The van der Waals surface area contributed by atoms with Crippen molar-refractivity contribution in [3.05, 3.63) is 0 Å². The largest absolute Gasteiger partial charge is 0.472 e. The first-order valence-electron chi connectivity index (χ1n) is 9.30. The molecular weight excluding hydrogens is 372 g/mol. The molecule has 144 valence electrons. The van der Waals surface area contributed by atoms with Crippen molar-refractivity contribution >= 4 is 29.3 Å². The first kappa shape index (κ1) is 21.5. The molecule has 4 nitrogen and oxygen atoms in total. The number of carboxylic acid groups (broad SMARTS) is 1. The summed E-state index contributed by atoms with van der Waals surface area (Å²) in [6.07, 6.45) is 5.46. The second-order valence-corrected chi connectivity index (χ2v) is 8.78. The Morgan fingerprint density at radius 3 is 2.69 bits per heavy atom. The number of aliphatic hydroxyl groups excluding tert-OH is 2. The van der Waals surface area contributed by atoms with E-state index in [9.17, 15) is 15.0 Å². The number of aliphatic hydroxyl groups is 2. The summed E-state index contributed by atoms with van der Waals surface area (Å²) >= 11 is 8.06. The third-order valence-electron chi connectivity index (χ3n) is 5.18. The molecule has 26 heavy (non-hydrogen) atoms. The first-order chi connectivity index (χ1) is 12.5. The van der Waals surface area contributed by atoms with Gasteiger partial charge in [0.05, 0.1) is 12.0 Å². The normalized spacial score (nSPS) is 30.0. The Bertz CT molecular complexity index is 582. The molecule has 0 saturated heterocycles. The van der Waals surface area contributed by atoms with Crippen LogP contribution in [0.25, 0.3) is 0 Å². The van der Waals surface area contributed by atoms with Gasteiger partial charge in [-0.3, -0.25) is 0 Å². The van der Waals surface area contributed by atoms with Gasteiger partial charge in [-0.25, -0.2) is 4.79 Å². The number of halogens is 1. The van der Waals surface area contributed by atoms with E-state index in [1.807, 2.05) is 0 Å². The first-order valence-corrected chi connectivity index (χ1v) is 10.9. The Labute approximate surface area is 165 Å². The van der Waals surface area contributed by atoms with Crippen LogP contribution in [0.1, 0.15) is 44.9 Å². The van der Waals surface area contributed by atoms with Crippen molar-refractivity contribution < 1.29 is 20.1 Å². The minimum absolute atomic E-state index is 0.0650. The highest BCUT2D eigenvalue weighted by Gasteiger charge is 2.40. The number of carbonyl (C=O) groups is 1. The van der Waals surface area contributed by atoms with E-state index >= 15 is 0 Å². The quantitative estimate of drug-likeness (QED) is 0.377. The summed E-state index contributed by atoms with van der Waals surface area (Å²) in [5.74, 6) is 11.3. The average molecular weight is 399 g/mol. The highest BCUT2D eigenvalue weighted by Crippen LogP contribution is 2.38. The molecule has 0 unspecified atom stereocenters. The molecule has 2 aliphatic rings. The lowest BCUT2D eigenvalue weighted by molar-refractivity contribution is -0.130. The molecule has 3 N–H and O–H groups in total. The van der Waals surface area contributed by atoms with Crippen molar-refractivity contribution in [2.75, 3.05) is 11.5 Å². The van der Waals surface area contributed by atoms with Crippen LogP contribution in [0.3, 0.4) is 0 Å². The Hall–Kier alpha value is -0.850. The fourth-order valence-corrected chi connectivity index (χ4v) is 5.36. The maximum atomic E-state index is 10.3. The van der Waals surface area contributed by atoms with Crippen LogP contribution in [-0.2, 0) is 4.79 Å². The summed E-state index contributed by atoms with van der Waals surface area (Å²) < 4.78 is 0. The Morgan fingerprint density at radius 2 is 2.00 bits per heavy atom. The lowest BCUT2D eigenvalue weighted by atomic mass is 9.85. The monoisotopic (exact) mass is 398 g/mol. The molecule has 2 rings (SSSR count). The van der Waals surface area contributed by atoms with Crippen LogP contribution in [0, 0.1) is 41.4 Å². The van der Waals surface area contributed by atoms with Crippen molar-refractivity contribution in [3.8, 4) is 23.7 Å². The van der Waals surface area contributed by atoms with Gasteiger partial charge in [-0.05, 0) is 30.9 Å². The van der Waals surface area contributed by atoms with Gasteiger partial charge in [0, 0.05) is 29.4 Å². The summed E-state index contributed by atoms with van der Waals surface area (Å²) in [5, 5.41) is 29.0. The van der Waals surface area contributed by atoms with Gasteiger partial charge >= 0.3 is 5.97 Å². The van der Waals surface area contributed by atoms with Gasteiger partial charge in [-0.2, -0.15) is 11.8 Å². The van der Waals surface area contributed by atoms with E-state index in [1.54, 1.807) is 11.8 Å². The van der Waals surface area contributed by atoms with Gasteiger partial charge < -0.3 is 15.3 Å². The van der Waals surface area contributed by atoms with E-state index in [0.717, 1.165) is 37.2 Å². The van der Waals surface area contributed by atoms with Crippen LogP contribution < -0.4 is 0 Å². The van der Waals surface area contributed by atoms with Gasteiger partial charge in [-0.1, -0.05) is 37.0 Å². The van der Waals surface area contributed by atoms with Crippen LogP contribution in [0.4, 0.5) is 0 Å². The van der Waals surface area contributed by atoms with Crippen molar-refractivity contribution in [3.63, 3.8) is 0 Å². The molecule has 6 heteroatoms. The molecule has 2 aliphatic carbocycles. The summed E-state index contributed by atoms with van der Waals surface area (Å²) in [6.45, 7) is 0.